The van der Waals surface area contributed by atoms with Crippen LogP contribution in [0.4, 0.5) is 22.0 Å². The number of hydrogen-bond donors (Lipinski definition) is 0. The molecular formula is C23H19F5N2. The van der Waals surface area contributed by atoms with Crippen LogP contribution in [0.1, 0.15) is 30.9 Å². The number of aryl methyl sites for hydroxylation is 1. The maximum absolute atomic E-state index is 14.2. The first-order chi connectivity index (χ1) is 14.3. The average molecular weight is 418 g/mol. The van der Waals surface area contributed by atoms with Crippen molar-refractivity contribution in [3.05, 3.63) is 77.6 Å². The molecule has 3 rings (SSSR count). The molecule has 0 saturated heterocycles. The molecule has 7 heteroatoms. The molecule has 0 aliphatic heterocycles. The van der Waals surface area contributed by atoms with E-state index in [-0.39, 0.29) is 11.6 Å². The number of rotatable bonds is 6. The molecule has 0 spiro atoms. The molecule has 0 aliphatic carbocycles. The third kappa shape index (κ3) is 5.49. The summed E-state index contributed by atoms with van der Waals surface area (Å²) in [5.41, 5.74) is 1.80. The summed E-state index contributed by atoms with van der Waals surface area (Å²) in [4.78, 5) is 8.71. The van der Waals surface area contributed by atoms with E-state index in [1.54, 1.807) is 36.7 Å². The Labute approximate surface area is 171 Å². The van der Waals surface area contributed by atoms with Crippen molar-refractivity contribution in [3.63, 3.8) is 0 Å². The van der Waals surface area contributed by atoms with Gasteiger partial charge in [0.15, 0.2) is 5.82 Å². The second kappa shape index (κ2) is 9.15. The van der Waals surface area contributed by atoms with Crippen LogP contribution in [0.25, 0.3) is 28.6 Å². The molecule has 2 aromatic carbocycles. The SMILES string of the molecule is CCCCc1cnc(-c2ccc(-c3cc(F)c(/C=C/C(F)(F)F)c(F)c3)cc2)nc1. The van der Waals surface area contributed by atoms with Crippen molar-refractivity contribution in [3.8, 4) is 22.5 Å². The molecule has 156 valence electrons. The van der Waals surface area contributed by atoms with Crippen LogP contribution in [-0.4, -0.2) is 16.1 Å². The number of nitrogens with zero attached hydrogens (tertiary/aromatic N) is 2. The maximum Gasteiger partial charge on any atom is 0.409 e. The quantitative estimate of drug-likeness (QED) is 0.403. The van der Waals surface area contributed by atoms with Gasteiger partial charge in [0.2, 0.25) is 0 Å². The van der Waals surface area contributed by atoms with Gasteiger partial charge in [-0.2, -0.15) is 13.2 Å². The van der Waals surface area contributed by atoms with Crippen LogP contribution >= 0.6 is 0 Å². The van der Waals surface area contributed by atoms with Crippen LogP contribution in [0, 0.1) is 11.6 Å². The van der Waals surface area contributed by atoms with Crippen LogP contribution in [-0.2, 0) is 6.42 Å². The van der Waals surface area contributed by atoms with Crippen LogP contribution < -0.4 is 0 Å². The third-order valence-corrected chi connectivity index (χ3v) is 4.52. The van der Waals surface area contributed by atoms with E-state index in [9.17, 15) is 22.0 Å². The Hall–Kier alpha value is -3.09. The second-order valence-corrected chi connectivity index (χ2v) is 6.82. The zero-order valence-corrected chi connectivity index (χ0v) is 16.2. The summed E-state index contributed by atoms with van der Waals surface area (Å²) in [7, 11) is 0. The molecule has 30 heavy (non-hydrogen) atoms. The van der Waals surface area contributed by atoms with E-state index in [4.69, 9.17) is 0 Å². The molecular weight excluding hydrogens is 399 g/mol. The van der Waals surface area contributed by atoms with E-state index in [0.717, 1.165) is 42.5 Å². The fraction of sp³-hybridized carbons (Fsp3) is 0.217. The van der Waals surface area contributed by atoms with Crippen LogP contribution in [0.2, 0.25) is 0 Å². The van der Waals surface area contributed by atoms with Gasteiger partial charge in [-0.15, -0.1) is 0 Å². The Morgan fingerprint density at radius 1 is 0.867 bits per heavy atom. The van der Waals surface area contributed by atoms with Gasteiger partial charge >= 0.3 is 6.18 Å². The predicted octanol–water partition coefficient (Wildman–Crippen LogP) is 7.01. The van der Waals surface area contributed by atoms with E-state index in [0.29, 0.717) is 17.5 Å². The number of allylic oxidation sites excluding steroid dienone is 1. The summed E-state index contributed by atoms with van der Waals surface area (Å²) < 4.78 is 65.1. The first-order valence-electron chi connectivity index (χ1n) is 9.43. The largest absolute Gasteiger partial charge is 0.409 e. The Morgan fingerprint density at radius 2 is 1.43 bits per heavy atom. The zero-order chi connectivity index (χ0) is 21.7. The molecule has 0 fully saturated rings. The summed E-state index contributed by atoms with van der Waals surface area (Å²) >= 11 is 0. The molecule has 0 saturated carbocycles. The van der Waals surface area contributed by atoms with Crippen molar-refractivity contribution in [2.45, 2.75) is 32.4 Å². The summed E-state index contributed by atoms with van der Waals surface area (Å²) in [6, 6.07) is 8.78. The van der Waals surface area contributed by atoms with Crippen LogP contribution in [0.5, 0.6) is 0 Å². The van der Waals surface area contributed by atoms with Crippen molar-refractivity contribution >= 4 is 6.08 Å². The highest BCUT2D eigenvalue weighted by molar-refractivity contribution is 5.69. The predicted molar refractivity (Wildman–Crippen MR) is 107 cm³/mol. The van der Waals surface area contributed by atoms with Gasteiger partial charge in [-0.1, -0.05) is 37.6 Å². The van der Waals surface area contributed by atoms with Crippen molar-refractivity contribution in [2.75, 3.05) is 0 Å². The topological polar surface area (TPSA) is 25.8 Å². The smallest absolute Gasteiger partial charge is 0.236 e. The third-order valence-electron chi connectivity index (χ3n) is 4.52. The van der Waals surface area contributed by atoms with Gasteiger partial charge in [0.05, 0.1) is 0 Å². The normalized spacial score (nSPS) is 11.9. The molecule has 0 unspecified atom stereocenters. The van der Waals surface area contributed by atoms with Gasteiger partial charge in [-0.3, -0.25) is 0 Å². The average Bonchev–Trinajstić information content (AvgIpc) is 2.71. The molecule has 1 aromatic heterocycles. The minimum atomic E-state index is -4.65. The highest BCUT2D eigenvalue weighted by Gasteiger charge is 2.23. The van der Waals surface area contributed by atoms with Gasteiger partial charge in [0.25, 0.3) is 0 Å². The first kappa shape index (κ1) is 21.6. The maximum atomic E-state index is 14.2. The monoisotopic (exact) mass is 418 g/mol. The molecule has 0 amide bonds. The molecule has 2 nitrogen and oxygen atoms in total. The highest BCUT2D eigenvalue weighted by Crippen LogP contribution is 2.28. The van der Waals surface area contributed by atoms with Crippen molar-refractivity contribution < 1.29 is 22.0 Å². The number of hydrogen-bond acceptors (Lipinski definition) is 2. The fourth-order valence-corrected chi connectivity index (χ4v) is 2.91. The van der Waals surface area contributed by atoms with Crippen molar-refractivity contribution in [2.24, 2.45) is 0 Å². The Morgan fingerprint density at radius 3 is 1.97 bits per heavy atom. The summed E-state index contributed by atoms with van der Waals surface area (Å²) in [6.45, 7) is 2.11. The number of alkyl halides is 3. The van der Waals surface area contributed by atoms with Crippen molar-refractivity contribution in [1.82, 2.24) is 9.97 Å². The molecule has 0 bridgehead atoms. The van der Waals surface area contributed by atoms with Crippen molar-refractivity contribution in [1.29, 1.82) is 0 Å². The molecule has 0 N–H and O–H groups in total. The van der Waals surface area contributed by atoms with Crippen LogP contribution in [0.15, 0.2) is 54.9 Å². The standard InChI is InChI=1S/C23H19F5N2/c1-2-3-4-15-13-29-22(30-14-15)17-7-5-16(6-8-17)18-11-20(24)19(21(25)12-18)9-10-23(26,27)28/h5-14H,2-4H2,1H3/b10-9+. The van der Waals surface area contributed by atoms with Gasteiger partial charge in [-0.05, 0) is 47.7 Å². The van der Waals surface area contributed by atoms with E-state index in [2.05, 4.69) is 16.9 Å². The van der Waals surface area contributed by atoms with E-state index < -0.39 is 23.4 Å². The number of unbranched alkanes of at least 4 members (excludes halogenated alkanes) is 1. The van der Waals surface area contributed by atoms with Gasteiger partial charge < -0.3 is 0 Å². The lowest BCUT2D eigenvalue weighted by molar-refractivity contribution is -0.0790. The Balaban J connectivity index is 1.81. The summed E-state index contributed by atoms with van der Waals surface area (Å²) in [5, 5.41) is 0. The first-order valence-corrected chi connectivity index (χ1v) is 9.43. The molecule has 1 heterocycles. The highest BCUT2D eigenvalue weighted by atomic mass is 19.4. The Bertz CT molecular complexity index is 1000. The summed E-state index contributed by atoms with van der Waals surface area (Å²) in [5.74, 6) is -1.60. The summed E-state index contributed by atoms with van der Waals surface area (Å²) in [6.07, 6.45) is 2.17. The second-order valence-electron chi connectivity index (χ2n) is 6.82. The number of benzene rings is 2. The number of halogens is 5. The molecule has 0 aliphatic rings. The fourth-order valence-electron chi connectivity index (χ4n) is 2.91. The lowest BCUT2D eigenvalue weighted by atomic mass is 10.0. The molecule has 0 atom stereocenters. The van der Waals surface area contributed by atoms with Gasteiger partial charge in [-0.25, -0.2) is 18.7 Å². The number of aromatic nitrogens is 2. The van der Waals surface area contributed by atoms with Crippen LogP contribution in [0.3, 0.4) is 0 Å². The molecule has 0 radical (unpaired) electrons. The zero-order valence-electron chi connectivity index (χ0n) is 16.2. The lowest BCUT2D eigenvalue weighted by Gasteiger charge is -2.08. The van der Waals surface area contributed by atoms with E-state index in [1.165, 1.54) is 0 Å². The Kier molecular flexibility index (Phi) is 6.59. The minimum Gasteiger partial charge on any atom is -0.236 e. The lowest BCUT2D eigenvalue weighted by Crippen LogP contribution is -2.01. The molecule has 3 aromatic rings. The van der Waals surface area contributed by atoms with Gasteiger partial charge in [0.1, 0.15) is 11.6 Å². The van der Waals surface area contributed by atoms with E-state index >= 15 is 0 Å². The van der Waals surface area contributed by atoms with E-state index in [1.807, 2.05) is 0 Å². The minimum absolute atomic E-state index is 0.198. The van der Waals surface area contributed by atoms with Gasteiger partial charge in [0, 0.05) is 29.6 Å².